The molecule has 27 heavy (non-hydrogen) atoms. The molecule has 0 aliphatic heterocycles. The summed E-state index contributed by atoms with van der Waals surface area (Å²) >= 11 is 0. The molecule has 2 heterocycles. The summed E-state index contributed by atoms with van der Waals surface area (Å²) < 4.78 is 5.34. The van der Waals surface area contributed by atoms with E-state index in [1.165, 1.54) is 0 Å². The fourth-order valence-electron chi connectivity index (χ4n) is 3.19. The van der Waals surface area contributed by atoms with Gasteiger partial charge in [-0.1, -0.05) is 30.3 Å². The minimum atomic E-state index is -0.539. The van der Waals surface area contributed by atoms with Gasteiger partial charge in [0, 0.05) is 28.2 Å². The molecule has 0 fully saturated rings. The molecule has 4 aromatic rings. The van der Waals surface area contributed by atoms with Gasteiger partial charge in [-0.3, -0.25) is 5.32 Å². The number of nitrogens with zero attached hydrogens (tertiary/aromatic N) is 1. The van der Waals surface area contributed by atoms with Gasteiger partial charge in [-0.05, 0) is 56.2 Å². The second-order valence-electron chi connectivity index (χ2n) is 7.46. The number of pyridine rings is 1. The average Bonchev–Trinajstić information content (AvgIpc) is 2.99. The molecule has 1 amide bonds. The maximum absolute atomic E-state index is 12.1. The highest BCUT2D eigenvalue weighted by atomic mass is 16.6. The van der Waals surface area contributed by atoms with Crippen molar-refractivity contribution in [2.45, 2.75) is 26.4 Å². The van der Waals surface area contributed by atoms with Crippen LogP contribution in [0.1, 0.15) is 20.8 Å². The number of carbonyl (C=O) groups excluding carboxylic acids is 1. The highest BCUT2D eigenvalue weighted by molar-refractivity contribution is 6.13. The monoisotopic (exact) mass is 359 g/mol. The zero-order valence-corrected chi connectivity index (χ0v) is 15.5. The lowest BCUT2D eigenvalue weighted by Crippen LogP contribution is -2.27. The first-order valence-corrected chi connectivity index (χ1v) is 8.86. The molecule has 2 N–H and O–H groups in total. The van der Waals surface area contributed by atoms with Crippen LogP contribution in [-0.2, 0) is 4.74 Å². The number of hydrogen-bond donors (Lipinski definition) is 2. The van der Waals surface area contributed by atoms with Crippen molar-refractivity contribution in [2.24, 2.45) is 0 Å². The fraction of sp³-hybridized carbons (Fsp3) is 0.182. The molecule has 5 nitrogen and oxygen atoms in total. The molecule has 2 aromatic carbocycles. The number of hydrogen-bond acceptors (Lipinski definition) is 3. The smallest absolute Gasteiger partial charge is 0.412 e. The minimum absolute atomic E-state index is 0.466. The summed E-state index contributed by atoms with van der Waals surface area (Å²) in [5.41, 5.74) is 4.11. The summed E-state index contributed by atoms with van der Waals surface area (Å²) in [7, 11) is 0. The van der Waals surface area contributed by atoms with Gasteiger partial charge >= 0.3 is 6.09 Å². The summed E-state index contributed by atoms with van der Waals surface area (Å²) in [5, 5.41) is 5.00. The van der Waals surface area contributed by atoms with Crippen LogP contribution in [0.4, 0.5) is 10.5 Å². The number of H-pyrrole nitrogens is 1. The van der Waals surface area contributed by atoms with E-state index < -0.39 is 11.7 Å². The molecule has 0 atom stereocenters. The molecular formula is C22H21N3O2. The maximum atomic E-state index is 12.1. The Morgan fingerprint density at radius 2 is 1.89 bits per heavy atom. The van der Waals surface area contributed by atoms with Crippen LogP contribution in [0.5, 0.6) is 0 Å². The fourth-order valence-corrected chi connectivity index (χ4v) is 3.19. The van der Waals surface area contributed by atoms with Crippen molar-refractivity contribution in [1.82, 2.24) is 9.97 Å². The standard InChI is InChI=1S/C22H21N3O2/c1-22(2,3)27-21(26)24-15-8-6-7-14(13-15)16-11-12-23-20-19(16)17-9-4-5-10-18(17)25-20/h4-13H,1-3H3,(H,23,25)(H,24,26). The van der Waals surface area contributed by atoms with Crippen LogP contribution in [0, 0.1) is 0 Å². The topological polar surface area (TPSA) is 67.0 Å². The minimum Gasteiger partial charge on any atom is -0.444 e. The van der Waals surface area contributed by atoms with Gasteiger partial charge < -0.3 is 9.72 Å². The molecule has 0 saturated carbocycles. The van der Waals surface area contributed by atoms with Gasteiger partial charge in [0.2, 0.25) is 0 Å². The van der Waals surface area contributed by atoms with Crippen molar-refractivity contribution >= 4 is 33.7 Å². The van der Waals surface area contributed by atoms with Crippen LogP contribution >= 0.6 is 0 Å². The summed E-state index contributed by atoms with van der Waals surface area (Å²) in [4.78, 5) is 19.9. The first-order valence-electron chi connectivity index (χ1n) is 8.86. The third-order valence-electron chi connectivity index (χ3n) is 4.22. The zero-order valence-electron chi connectivity index (χ0n) is 15.5. The zero-order chi connectivity index (χ0) is 19.0. The van der Waals surface area contributed by atoms with E-state index in [9.17, 15) is 4.79 Å². The molecule has 0 radical (unpaired) electrons. The van der Waals surface area contributed by atoms with E-state index in [2.05, 4.69) is 21.4 Å². The van der Waals surface area contributed by atoms with Crippen LogP contribution in [0.2, 0.25) is 0 Å². The van der Waals surface area contributed by atoms with Crippen molar-refractivity contribution in [3.8, 4) is 11.1 Å². The molecule has 0 saturated heterocycles. The van der Waals surface area contributed by atoms with Gasteiger partial charge in [-0.2, -0.15) is 0 Å². The van der Waals surface area contributed by atoms with Crippen molar-refractivity contribution in [1.29, 1.82) is 0 Å². The van der Waals surface area contributed by atoms with Crippen molar-refractivity contribution in [3.63, 3.8) is 0 Å². The van der Waals surface area contributed by atoms with Crippen LogP contribution in [0.25, 0.3) is 33.1 Å². The molecule has 5 heteroatoms. The number of amides is 1. The second-order valence-corrected chi connectivity index (χ2v) is 7.46. The van der Waals surface area contributed by atoms with Crippen molar-refractivity contribution < 1.29 is 9.53 Å². The Hall–Kier alpha value is -3.34. The summed E-state index contributed by atoms with van der Waals surface area (Å²) in [6.07, 6.45) is 1.33. The number of ether oxygens (including phenoxy) is 1. The van der Waals surface area contributed by atoms with E-state index in [1.54, 1.807) is 6.20 Å². The Kier molecular flexibility index (Phi) is 4.07. The number of aromatic nitrogens is 2. The maximum Gasteiger partial charge on any atom is 0.412 e. The largest absolute Gasteiger partial charge is 0.444 e. The van der Waals surface area contributed by atoms with Gasteiger partial charge in [0.05, 0.1) is 0 Å². The van der Waals surface area contributed by atoms with Crippen molar-refractivity contribution in [3.05, 3.63) is 60.8 Å². The van der Waals surface area contributed by atoms with E-state index in [-0.39, 0.29) is 0 Å². The number of aromatic amines is 1. The molecule has 136 valence electrons. The molecule has 0 bridgehead atoms. The Labute approximate surface area is 157 Å². The van der Waals surface area contributed by atoms with E-state index in [0.717, 1.165) is 33.1 Å². The van der Waals surface area contributed by atoms with E-state index in [0.29, 0.717) is 5.69 Å². The predicted octanol–water partition coefficient (Wildman–Crippen LogP) is 5.73. The highest BCUT2D eigenvalue weighted by Gasteiger charge is 2.17. The summed E-state index contributed by atoms with van der Waals surface area (Å²) in [6.45, 7) is 5.52. The second kappa shape index (κ2) is 6.43. The lowest BCUT2D eigenvalue weighted by atomic mass is 10.0. The predicted molar refractivity (Wildman–Crippen MR) is 109 cm³/mol. The molecule has 0 aliphatic rings. The first kappa shape index (κ1) is 17.1. The first-order chi connectivity index (χ1) is 12.9. The lowest BCUT2D eigenvalue weighted by Gasteiger charge is -2.19. The average molecular weight is 359 g/mol. The van der Waals surface area contributed by atoms with E-state index in [1.807, 2.05) is 69.3 Å². The van der Waals surface area contributed by atoms with Gasteiger partial charge in [-0.25, -0.2) is 9.78 Å². The summed E-state index contributed by atoms with van der Waals surface area (Å²) in [5.74, 6) is 0. The Balaban J connectivity index is 1.75. The van der Waals surface area contributed by atoms with Crippen LogP contribution in [0.15, 0.2) is 60.8 Å². The number of anilines is 1. The highest BCUT2D eigenvalue weighted by Crippen LogP contribution is 2.34. The number of benzene rings is 2. The van der Waals surface area contributed by atoms with Crippen LogP contribution < -0.4 is 5.32 Å². The molecule has 0 aliphatic carbocycles. The molecule has 0 unspecified atom stereocenters. The number of rotatable bonds is 2. The Morgan fingerprint density at radius 3 is 2.70 bits per heavy atom. The van der Waals surface area contributed by atoms with Gasteiger partial charge in [-0.15, -0.1) is 0 Å². The van der Waals surface area contributed by atoms with E-state index in [4.69, 9.17) is 4.74 Å². The van der Waals surface area contributed by atoms with Gasteiger partial charge in [0.1, 0.15) is 11.2 Å². The third kappa shape index (κ3) is 3.49. The molecular weight excluding hydrogens is 338 g/mol. The van der Waals surface area contributed by atoms with E-state index >= 15 is 0 Å². The molecule has 0 spiro atoms. The van der Waals surface area contributed by atoms with Crippen molar-refractivity contribution in [2.75, 3.05) is 5.32 Å². The number of fused-ring (bicyclic) bond motifs is 3. The van der Waals surface area contributed by atoms with Crippen LogP contribution in [0.3, 0.4) is 0 Å². The lowest BCUT2D eigenvalue weighted by molar-refractivity contribution is 0.0636. The Morgan fingerprint density at radius 1 is 1.07 bits per heavy atom. The number of carbonyl (C=O) groups is 1. The number of nitrogens with one attached hydrogen (secondary N) is 2. The normalized spacial score (nSPS) is 11.7. The number of para-hydroxylation sites is 1. The molecule has 2 aromatic heterocycles. The quantitative estimate of drug-likeness (QED) is 0.480. The van der Waals surface area contributed by atoms with Gasteiger partial charge in [0.25, 0.3) is 0 Å². The van der Waals surface area contributed by atoms with Gasteiger partial charge in [0.15, 0.2) is 0 Å². The molecule has 4 rings (SSSR count). The SMILES string of the molecule is CC(C)(C)OC(=O)Nc1cccc(-c2ccnc3[nH]c4ccccc4c23)c1. The summed E-state index contributed by atoms with van der Waals surface area (Å²) in [6, 6.07) is 17.9. The van der Waals surface area contributed by atoms with Crippen LogP contribution in [-0.4, -0.2) is 21.7 Å². The third-order valence-corrected chi connectivity index (χ3v) is 4.22. The Bertz CT molecular complexity index is 1140.